The van der Waals surface area contributed by atoms with Gasteiger partial charge in [-0.3, -0.25) is 9.59 Å². The first-order chi connectivity index (χ1) is 9.67. The number of amides is 2. The molecular formula is C15H23N3O3. The van der Waals surface area contributed by atoms with Gasteiger partial charge in [0.05, 0.1) is 6.54 Å². The fourth-order valence-electron chi connectivity index (χ4n) is 1.62. The lowest BCUT2D eigenvalue weighted by Crippen LogP contribution is -2.47. The van der Waals surface area contributed by atoms with Gasteiger partial charge in [-0.1, -0.05) is 6.07 Å². The van der Waals surface area contributed by atoms with E-state index in [0.29, 0.717) is 11.4 Å². The number of likely N-dealkylation sites (N-methyl/N-ethyl adjacent to an activating group) is 1. The van der Waals surface area contributed by atoms with Crippen LogP contribution in [0.2, 0.25) is 0 Å². The summed E-state index contributed by atoms with van der Waals surface area (Å²) in [6.07, 6.45) is 0. The number of nitrogen functional groups attached to an aromatic ring is 1. The van der Waals surface area contributed by atoms with Crippen LogP contribution in [-0.2, 0) is 9.59 Å². The van der Waals surface area contributed by atoms with Gasteiger partial charge in [0.25, 0.3) is 5.91 Å². The van der Waals surface area contributed by atoms with E-state index in [-0.39, 0.29) is 30.5 Å². The van der Waals surface area contributed by atoms with Crippen molar-refractivity contribution in [3.8, 4) is 5.75 Å². The van der Waals surface area contributed by atoms with Crippen molar-refractivity contribution in [2.75, 3.05) is 25.9 Å². The van der Waals surface area contributed by atoms with Crippen LogP contribution in [0, 0.1) is 0 Å². The molecule has 0 aliphatic heterocycles. The van der Waals surface area contributed by atoms with Crippen molar-refractivity contribution in [1.29, 1.82) is 0 Å². The molecule has 0 bridgehead atoms. The predicted octanol–water partition coefficient (Wildman–Crippen LogP) is 1.02. The molecule has 1 aromatic rings. The van der Waals surface area contributed by atoms with Crippen LogP contribution in [-0.4, -0.2) is 42.5 Å². The van der Waals surface area contributed by atoms with Crippen molar-refractivity contribution >= 4 is 17.5 Å². The number of carbonyl (C=O) groups excluding carboxylic acids is 2. The van der Waals surface area contributed by atoms with Gasteiger partial charge in [0, 0.05) is 24.3 Å². The van der Waals surface area contributed by atoms with Gasteiger partial charge in [-0.25, -0.2) is 0 Å². The molecule has 0 saturated heterocycles. The van der Waals surface area contributed by atoms with E-state index in [1.54, 1.807) is 31.3 Å². The molecule has 6 nitrogen and oxygen atoms in total. The third kappa shape index (κ3) is 6.65. The number of hydrogen-bond donors (Lipinski definition) is 2. The van der Waals surface area contributed by atoms with E-state index >= 15 is 0 Å². The van der Waals surface area contributed by atoms with Gasteiger partial charge in [0.2, 0.25) is 5.91 Å². The molecule has 0 spiro atoms. The first-order valence-corrected chi connectivity index (χ1v) is 6.71. The van der Waals surface area contributed by atoms with Crippen LogP contribution in [0.15, 0.2) is 24.3 Å². The molecule has 0 aromatic heterocycles. The number of rotatable bonds is 5. The Morgan fingerprint density at radius 1 is 1.33 bits per heavy atom. The molecule has 1 aromatic carbocycles. The maximum atomic E-state index is 11.9. The Morgan fingerprint density at radius 2 is 2.00 bits per heavy atom. The number of benzene rings is 1. The highest BCUT2D eigenvalue weighted by atomic mass is 16.5. The fraction of sp³-hybridized carbons (Fsp3) is 0.467. The first-order valence-electron chi connectivity index (χ1n) is 6.71. The Labute approximate surface area is 125 Å². The summed E-state index contributed by atoms with van der Waals surface area (Å²) in [6, 6.07) is 6.84. The van der Waals surface area contributed by atoms with E-state index in [1.807, 2.05) is 20.8 Å². The third-order valence-corrected chi connectivity index (χ3v) is 2.54. The maximum Gasteiger partial charge on any atom is 0.260 e. The zero-order valence-corrected chi connectivity index (χ0v) is 13.0. The lowest BCUT2D eigenvalue weighted by Gasteiger charge is -2.23. The Bertz CT molecular complexity index is 509. The summed E-state index contributed by atoms with van der Waals surface area (Å²) >= 11 is 0. The molecule has 0 aliphatic rings. The van der Waals surface area contributed by atoms with Crippen molar-refractivity contribution in [3.63, 3.8) is 0 Å². The lowest BCUT2D eigenvalue weighted by molar-refractivity contribution is -0.136. The van der Waals surface area contributed by atoms with Crippen LogP contribution < -0.4 is 15.8 Å². The molecule has 116 valence electrons. The maximum absolute atomic E-state index is 11.9. The zero-order chi connectivity index (χ0) is 16.0. The van der Waals surface area contributed by atoms with E-state index in [9.17, 15) is 9.59 Å². The SMILES string of the molecule is CN(CC(=O)NC(C)(C)C)C(=O)COc1cccc(N)c1. The lowest BCUT2D eigenvalue weighted by atomic mass is 10.1. The van der Waals surface area contributed by atoms with Crippen molar-refractivity contribution in [3.05, 3.63) is 24.3 Å². The predicted molar refractivity (Wildman–Crippen MR) is 81.9 cm³/mol. The van der Waals surface area contributed by atoms with Crippen molar-refractivity contribution in [2.24, 2.45) is 0 Å². The summed E-state index contributed by atoms with van der Waals surface area (Å²) in [5, 5.41) is 2.80. The largest absolute Gasteiger partial charge is 0.484 e. The van der Waals surface area contributed by atoms with E-state index < -0.39 is 0 Å². The summed E-state index contributed by atoms with van der Waals surface area (Å²) in [5.74, 6) is 0.0414. The normalized spacial score (nSPS) is 10.9. The third-order valence-electron chi connectivity index (χ3n) is 2.54. The van der Waals surface area contributed by atoms with Gasteiger partial charge in [-0.05, 0) is 32.9 Å². The molecule has 0 aliphatic carbocycles. The van der Waals surface area contributed by atoms with E-state index in [2.05, 4.69) is 5.32 Å². The molecule has 2 amide bonds. The summed E-state index contributed by atoms with van der Waals surface area (Å²) in [5.41, 5.74) is 5.87. The highest BCUT2D eigenvalue weighted by Gasteiger charge is 2.18. The monoisotopic (exact) mass is 293 g/mol. The minimum Gasteiger partial charge on any atom is -0.484 e. The second-order valence-electron chi connectivity index (χ2n) is 5.91. The Kier molecular flexibility index (Phi) is 5.58. The summed E-state index contributed by atoms with van der Waals surface area (Å²) in [6.45, 7) is 5.51. The topological polar surface area (TPSA) is 84.7 Å². The smallest absolute Gasteiger partial charge is 0.260 e. The van der Waals surface area contributed by atoms with Gasteiger partial charge in [0.1, 0.15) is 5.75 Å². The van der Waals surface area contributed by atoms with Gasteiger partial charge in [0.15, 0.2) is 6.61 Å². The van der Waals surface area contributed by atoms with E-state index in [1.165, 1.54) is 4.90 Å². The van der Waals surface area contributed by atoms with Crippen LogP contribution >= 0.6 is 0 Å². The summed E-state index contributed by atoms with van der Waals surface area (Å²) in [4.78, 5) is 24.9. The van der Waals surface area contributed by atoms with Crippen molar-refractivity contribution in [1.82, 2.24) is 10.2 Å². The van der Waals surface area contributed by atoms with Crippen LogP contribution in [0.1, 0.15) is 20.8 Å². The number of hydrogen-bond acceptors (Lipinski definition) is 4. The number of nitrogens with one attached hydrogen (secondary N) is 1. The Hall–Kier alpha value is -2.24. The number of anilines is 1. The number of nitrogens with zero attached hydrogens (tertiary/aromatic N) is 1. The standard InChI is InChI=1S/C15H23N3O3/c1-15(2,3)17-13(19)9-18(4)14(20)10-21-12-7-5-6-11(16)8-12/h5-8H,9-10,16H2,1-4H3,(H,17,19). The average molecular weight is 293 g/mol. The average Bonchev–Trinajstić information content (AvgIpc) is 2.33. The van der Waals surface area contributed by atoms with Gasteiger partial charge in [-0.15, -0.1) is 0 Å². The van der Waals surface area contributed by atoms with Crippen LogP contribution in [0.5, 0.6) is 5.75 Å². The summed E-state index contributed by atoms with van der Waals surface area (Å²) in [7, 11) is 1.56. The molecule has 3 N–H and O–H groups in total. The van der Waals surface area contributed by atoms with E-state index in [0.717, 1.165) is 0 Å². The minimum atomic E-state index is -0.320. The molecule has 0 unspecified atom stereocenters. The van der Waals surface area contributed by atoms with Crippen molar-refractivity contribution in [2.45, 2.75) is 26.3 Å². The molecule has 0 atom stereocenters. The van der Waals surface area contributed by atoms with Gasteiger partial charge in [-0.2, -0.15) is 0 Å². The Balaban J connectivity index is 2.43. The van der Waals surface area contributed by atoms with Gasteiger partial charge < -0.3 is 20.7 Å². The molecule has 6 heteroatoms. The minimum absolute atomic E-state index is 0.00358. The zero-order valence-electron chi connectivity index (χ0n) is 13.0. The van der Waals surface area contributed by atoms with E-state index in [4.69, 9.17) is 10.5 Å². The molecule has 0 saturated carbocycles. The van der Waals surface area contributed by atoms with Crippen LogP contribution in [0.25, 0.3) is 0 Å². The molecule has 1 rings (SSSR count). The van der Waals surface area contributed by atoms with Gasteiger partial charge >= 0.3 is 0 Å². The van der Waals surface area contributed by atoms with Crippen molar-refractivity contribution < 1.29 is 14.3 Å². The second kappa shape index (κ2) is 6.97. The summed E-state index contributed by atoms with van der Waals surface area (Å²) < 4.78 is 5.35. The molecule has 21 heavy (non-hydrogen) atoms. The number of ether oxygens (including phenoxy) is 1. The Morgan fingerprint density at radius 3 is 2.57 bits per heavy atom. The number of carbonyl (C=O) groups is 2. The molecule has 0 radical (unpaired) electrons. The molecular weight excluding hydrogens is 270 g/mol. The first kappa shape index (κ1) is 16.8. The molecule has 0 fully saturated rings. The fourth-order valence-corrected chi connectivity index (χ4v) is 1.62. The second-order valence-corrected chi connectivity index (χ2v) is 5.91. The highest BCUT2D eigenvalue weighted by Crippen LogP contribution is 2.14. The quantitative estimate of drug-likeness (QED) is 0.794. The molecule has 0 heterocycles. The highest BCUT2D eigenvalue weighted by molar-refractivity contribution is 5.85. The van der Waals surface area contributed by atoms with Crippen LogP contribution in [0.3, 0.4) is 0 Å². The number of nitrogens with two attached hydrogens (primary N) is 1. The van der Waals surface area contributed by atoms with Crippen LogP contribution in [0.4, 0.5) is 5.69 Å².